The van der Waals surface area contributed by atoms with Gasteiger partial charge in [0, 0.05) is 22.8 Å². The molecule has 0 bridgehead atoms. The molecule has 0 rings (SSSR count). The summed E-state index contributed by atoms with van der Waals surface area (Å²) in [6.07, 6.45) is 0. The molecule has 0 saturated heterocycles. The molecule has 0 atom stereocenters. The summed E-state index contributed by atoms with van der Waals surface area (Å²) in [7, 11) is 0. The van der Waals surface area contributed by atoms with Gasteiger partial charge >= 0.3 is 23.9 Å². The molecular weight excluding hydrogens is 399 g/mol. The second-order valence-corrected chi connectivity index (χ2v) is 7.86. The Hall–Kier alpha value is -0.261. The van der Waals surface area contributed by atoms with E-state index < -0.39 is 22.8 Å². The molecule has 4 nitrogen and oxygen atoms in total. The Balaban J connectivity index is -0.0000000639. The largest absolute Gasteiger partial charge is 2.00 e. The van der Waals surface area contributed by atoms with Crippen LogP contribution >= 0.6 is 0 Å². The van der Waals surface area contributed by atoms with Crippen LogP contribution < -0.4 is 10.2 Å². The molecule has 0 saturated carbocycles. The molecule has 23 heavy (non-hydrogen) atoms. The van der Waals surface area contributed by atoms with Gasteiger partial charge in [-0.15, -0.1) is 0 Å². The average molecular weight is 435 g/mol. The summed E-state index contributed by atoms with van der Waals surface area (Å²) in [5.74, 6) is -0.847. The van der Waals surface area contributed by atoms with Crippen molar-refractivity contribution in [2.24, 2.45) is 22.7 Å². The number of hydrogen-bond acceptors (Lipinski definition) is 4. The number of hydrogen-bond donors (Lipinski definition) is 0. The van der Waals surface area contributed by atoms with Crippen LogP contribution in [0.3, 0.4) is 0 Å². The molecule has 0 aromatic rings. The van der Waals surface area contributed by atoms with Crippen LogP contribution in [0.2, 0.25) is 0 Å². The smallest absolute Gasteiger partial charge is 0.550 e. The predicted octanol–water partition coefficient (Wildman–Crippen LogP) is 2.14. The third-order valence-electron chi connectivity index (χ3n) is 1.22. The van der Waals surface area contributed by atoms with Crippen molar-refractivity contribution in [2.75, 3.05) is 0 Å². The van der Waals surface area contributed by atoms with Crippen LogP contribution in [0.1, 0.15) is 69.2 Å². The summed E-state index contributed by atoms with van der Waals surface area (Å²) in [4.78, 5) is 19.8. The fourth-order valence-electron chi connectivity index (χ4n) is 0. The standard InChI is InChI=1S/2C5H10O2.2C4H9.Sn/c2*1-5(2,3)4(6)7;2*1-4(2)3;/h2*1-3H3,(H,6,7);2*4H,1H2,2-3H3;/q;;;;+2/p-2. The monoisotopic (exact) mass is 436 g/mol. The first-order valence-corrected chi connectivity index (χ1v) is 7.44. The molecule has 0 aliphatic rings. The Kier molecular flexibility index (Phi) is 24.6. The molecule has 0 aromatic carbocycles. The van der Waals surface area contributed by atoms with Crippen LogP contribution in [0.5, 0.6) is 0 Å². The number of carboxylic acids is 2. The first kappa shape index (κ1) is 34.1. The van der Waals surface area contributed by atoms with Gasteiger partial charge in [-0.1, -0.05) is 83.1 Å². The van der Waals surface area contributed by atoms with Gasteiger partial charge in [-0.25, -0.2) is 0 Å². The average Bonchev–Trinajstić information content (AvgIpc) is 2.12. The molecule has 0 heterocycles. The van der Waals surface area contributed by atoms with E-state index in [0.29, 0.717) is 11.8 Å². The van der Waals surface area contributed by atoms with E-state index in [0.717, 1.165) is 0 Å². The zero-order chi connectivity index (χ0) is 19.3. The molecule has 0 aliphatic carbocycles. The van der Waals surface area contributed by atoms with Crippen molar-refractivity contribution in [3.8, 4) is 0 Å². The van der Waals surface area contributed by atoms with Crippen LogP contribution in [-0.4, -0.2) is 35.8 Å². The molecule has 0 spiro atoms. The van der Waals surface area contributed by atoms with E-state index in [2.05, 4.69) is 41.5 Å². The molecule has 136 valence electrons. The maximum absolute atomic E-state index is 9.91. The van der Waals surface area contributed by atoms with Crippen LogP contribution in [0.15, 0.2) is 0 Å². The maximum Gasteiger partial charge on any atom is 2.00 e. The normalized spacial score (nSPS) is 10.0. The Morgan fingerprint density at radius 3 is 0.739 bits per heavy atom. The Morgan fingerprint density at radius 1 is 0.696 bits per heavy atom. The van der Waals surface area contributed by atoms with E-state index in [1.165, 1.54) is 0 Å². The fraction of sp³-hybridized carbons (Fsp3) is 0.778. The molecule has 0 aliphatic heterocycles. The summed E-state index contributed by atoms with van der Waals surface area (Å²) >= 11 is 0. The van der Waals surface area contributed by atoms with Crippen molar-refractivity contribution in [3.05, 3.63) is 13.8 Å². The van der Waals surface area contributed by atoms with Crippen molar-refractivity contribution in [1.82, 2.24) is 0 Å². The number of carbonyl (C=O) groups excluding carboxylic acids is 2. The number of aliphatic carboxylic acids is 2. The summed E-state index contributed by atoms with van der Waals surface area (Å²) in [5, 5.41) is 19.8. The molecule has 0 aromatic heterocycles. The summed E-state index contributed by atoms with van der Waals surface area (Å²) in [6, 6.07) is 0. The Labute approximate surface area is 161 Å². The van der Waals surface area contributed by atoms with Gasteiger partial charge in [-0.3, -0.25) is 0 Å². The van der Waals surface area contributed by atoms with Gasteiger partial charge in [0.2, 0.25) is 0 Å². The molecule has 4 radical (unpaired) electrons. The van der Waals surface area contributed by atoms with Crippen LogP contribution in [0.4, 0.5) is 0 Å². The minimum Gasteiger partial charge on any atom is -0.550 e. The predicted molar refractivity (Wildman–Crippen MR) is 95.1 cm³/mol. The van der Waals surface area contributed by atoms with Crippen LogP contribution in [0.25, 0.3) is 0 Å². The zero-order valence-corrected chi connectivity index (χ0v) is 19.6. The first-order valence-electron chi connectivity index (χ1n) is 7.44. The van der Waals surface area contributed by atoms with E-state index in [1.807, 2.05) is 0 Å². The van der Waals surface area contributed by atoms with E-state index >= 15 is 0 Å². The molecular formula is C18H36O4Sn. The number of carboxylic acid groups (broad SMARTS) is 2. The quantitative estimate of drug-likeness (QED) is 0.547. The van der Waals surface area contributed by atoms with E-state index in [4.69, 9.17) is 0 Å². The van der Waals surface area contributed by atoms with Crippen molar-refractivity contribution in [2.45, 2.75) is 69.2 Å². The second-order valence-electron chi connectivity index (χ2n) is 7.86. The zero-order valence-electron chi connectivity index (χ0n) is 16.7. The van der Waals surface area contributed by atoms with Gasteiger partial charge in [0.1, 0.15) is 0 Å². The third kappa shape index (κ3) is 61.5. The minimum absolute atomic E-state index is 0. The van der Waals surface area contributed by atoms with Gasteiger partial charge in [0.15, 0.2) is 0 Å². The summed E-state index contributed by atoms with van der Waals surface area (Å²) in [6.45, 7) is 25.1. The second kappa shape index (κ2) is 16.6. The van der Waals surface area contributed by atoms with Crippen molar-refractivity contribution < 1.29 is 19.8 Å². The minimum atomic E-state index is -1.01. The van der Waals surface area contributed by atoms with Gasteiger partial charge < -0.3 is 19.8 Å². The van der Waals surface area contributed by atoms with Crippen LogP contribution in [0, 0.1) is 36.5 Å². The van der Waals surface area contributed by atoms with E-state index in [1.54, 1.807) is 41.5 Å². The Bertz CT molecular complexity index is 249. The van der Waals surface area contributed by atoms with Gasteiger partial charge in [-0.2, -0.15) is 0 Å². The first-order chi connectivity index (χ1) is 9.35. The topological polar surface area (TPSA) is 80.3 Å². The van der Waals surface area contributed by atoms with Crippen molar-refractivity contribution in [3.63, 3.8) is 0 Å². The van der Waals surface area contributed by atoms with E-state index in [9.17, 15) is 19.8 Å². The third-order valence-corrected chi connectivity index (χ3v) is 1.22. The summed E-state index contributed by atoms with van der Waals surface area (Å²) in [5.41, 5.74) is -1.39. The SMILES string of the molecule is CC(C)(C)C(=O)[O-].CC(C)(C)C(=O)[O-].[CH2]C(C)C.[CH2]C(C)C.[Sn+2]. The van der Waals surface area contributed by atoms with E-state index in [-0.39, 0.29) is 23.9 Å². The number of carbonyl (C=O) groups is 2. The number of rotatable bonds is 0. The maximum atomic E-state index is 9.91. The Morgan fingerprint density at radius 2 is 0.739 bits per heavy atom. The van der Waals surface area contributed by atoms with Gasteiger partial charge in [0.05, 0.1) is 0 Å². The fourth-order valence-corrected chi connectivity index (χ4v) is 0. The van der Waals surface area contributed by atoms with Crippen molar-refractivity contribution >= 4 is 35.8 Å². The molecule has 0 fully saturated rings. The summed E-state index contributed by atoms with van der Waals surface area (Å²) < 4.78 is 0. The van der Waals surface area contributed by atoms with Gasteiger partial charge in [-0.05, 0) is 11.8 Å². The molecule has 5 heteroatoms. The van der Waals surface area contributed by atoms with Crippen molar-refractivity contribution in [1.29, 1.82) is 0 Å². The molecule has 0 unspecified atom stereocenters. The van der Waals surface area contributed by atoms with Crippen LogP contribution in [-0.2, 0) is 9.59 Å². The molecule has 0 amide bonds. The van der Waals surface area contributed by atoms with Gasteiger partial charge in [0.25, 0.3) is 0 Å². The molecule has 0 N–H and O–H groups in total.